The molecule has 0 bridgehead atoms. The maximum Gasteiger partial charge on any atom is 0.330 e. The predicted molar refractivity (Wildman–Crippen MR) is 131 cm³/mol. The Bertz CT molecular complexity index is 1490. The topological polar surface area (TPSA) is 113 Å². The fraction of sp³-hybridized carbons (Fsp3) is 0.120. The molecule has 1 atom stereocenters. The average molecular weight is 477 g/mol. The molecule has 0 saturated carbocycles. The molecule has 3 aromatic carbocycles. The lowest BCUT2D eigenvalue weighted by molar-refractivity contribution is 0.102. The van der Waals surface area contributed by atoms with Crippen LogP contribution in [0.15, 0.2) is 94.7 Å². The number of carbonyl (C=O) groups excluding carboxylic acids is 1. The van der Waals surface area contributed by atoms with E-state index in [-0.39, 0.29) is 16.1 Å². The normalized spacial score (nSPS) is 12.3. The van der Waals surface area contributed by atoms with E-state index in [0.29, 0.717) is 17.1 Å². The molecule has 0 aliphatic carbocycles. The number of hydrogen-bond donors (Lipinski definition) is 3. The first kappa shape index (κ1) is 23.2. The minimum absolute atomic E-state index is 0.00830. The summed E-state index contributed by atoms with van der Waals surface area (Å²) in [6, 6.07) is 21.4. The number of H-pyrrole nitrogens is 1. The van der Waals surface area contributed by atoms with Crippen LogP contribution in [-0.2, 0) is 10.0 Å². The molecule has 0 fully saturated rings. The lowest BCUT2D eigenvalue weighted by Crippen LogP contribution is -2.27. The van der Waals surface area contributed by atoms with Crippen molar-refractivity contribution in [3.63, 3.8) is 0 Å². The van der Waals surface area contributed by atoms with E-state index >= 15 is 0 Å². The third-order valence-corrected chi connectivity index (χ3v) is 6.80. The molecular weight excluding hydrogens is 452 g/mol. The molecular formula is C25H24N4O4S. The highest BCUT2D eigenvalue weighted by molar-refractivity contribution is 7.89. The Hall–Kier alpha value is -3.95. The van der Waals surface area contributed by atoms with Gasteiger partial charge in [0, 0.05) is 29.2 Å². The maximum absolute atomic E-state index is 12.9. The summed E-state index contributed by atoms with van der Waals surface area (Å²) in [5.41, 5.74) is 2.51. The molecule has 0 radical (unpaired) electrons. The highest BCUT2D eigenvalue weighted by atomic mass is 32.2. The molecule has 0 aliphatic heterocycles. The summed E-state index contributed by atoms with van der Waals surface area (Å²) in [5.74, 6) is -0.470. The van der Waals surface area contributed by atoms with E-state index in [4.69, 9.17) is 0 Å². The number of imidazole rings is 1. The van der Waals surface area contributed by atoms with Crippen molar-refractivity contribution in [3.05, 3.63) is 112 Å². The van der Waals surface area contributed by atoms with Gasteiger partial charge in [0.1, 0.15) is 0 Å². The molecule has 0 spiro atoms. The van der Waals surface area contributed by atoms with Crippen molar-refractivity contribution < 1.29 is 13.2 Å². The molecule has 0 saturated heterocycles. The Balaban J connectivity index is 1.53. The van der Waals surface area contributed by atoms with E-state index in [1.54, 1.807) is 50.4 Å². The number of benzene rings is 3. The number of nitrogens with one attached hydrogen (secondary N) is 3. The summed E-state index contributed by atoms with van der Waals surface area (Å²) < 4.78 is 29.9. The quantitative estimate of drug-likeness (QED) is 0.377. The van der Waals surface area contributed by atoms with Crippen molar-refractivity contribution in [1.29, 1.82) is 0 Å². The molecule has 1 amide bonds. The van der Waals surface area contributed by atoms with Crippen LogP contribution >= 0.6 is 0 Å². The Kier molecular flexibility index (Phi) is 6.49. The second-order valence-corrected chi connectivity index (χ2v) is 9.61. The summed E-state index contributed by atoms with van der Waals surface area (Å²) in [5, 5.41) is 2.76. The Morgan fingerprint density at radius 3 is 2.41 bits per heavy atom. The number of hydrogen-bond acceptors (Lipinski definition) is 4. The summed E-state index contributed by atoms with van der Waals surface area (Å²) in [4.78, 5) is 27.6. The smallest absolute Gasteiger partial charge is 0.322 e. The van der Waals surface area contributed by atoms with Crippen molar-refractivity contribution in [1.82, 2.24) is 14.3 Å². The second kappa shape index (κ2) is 9.50. The number of rotatable bonds is 7. The minimum atomic E-state index is -3.85. The monoisotopic (exact) mass is 476 g/mol. The van der Waals surface area contributed by atoms with Crippen LogP contribution in [-0.4, -0.2) is 23.9 Å². The number of carbonyl (C=O) groups is 1. The molecule has 34 heavy (non-hydrogen) atoms. The van der Waals surface area contributed by atoms with Gasteiger partial charge in [0.15, 0.2) is 0 Å². The number of aromatic amines is 1. The van der Waals surface area contributed by atoms with Gasteiger partial charge in [-0.05, 0) is 55.8 Å². The molecule has 1 heterocycles. The SMILES string of the molecule is Cc1cn(-c2cccc(NC(=O)c3cccc(S(=O)(=O)NC(C)c4ccccc4)c3)c2)c(=O)[nH]1. The van der Waals surface area contributed by atoms with E-state index in [0.717, 1.165) is 5.56 Å². The third-order valence-electron chi connectivity index (χ3n) is 5.27. The maximum atomic E-state index is 12.9. The molecule has 1 unspecified atom stereocenters. The number of amides is 1. The van der Waals surface area contributed by atoms with E-state index in [1.165, 1.54) is 22.8 Å². The standard InChI is InChI=1S/C25H24N4O4S/c1-17-16-29(25(31)26-17)22-12-7-11-21(15-22)27-24(30)20-10-6-13-23(14-20)34(32,33)28-18(2)19-8-4-3-5-9-19/h3-16,18,28H,1-2H3,(H,26,31)(H,27,30). The lowest BCUT2D eigenvalue weighted by Gasteiger charge is -2.15. The van der Waals surface area contributed by atoms with E-state index in [9.17, 15) is 18.0 Å². The zero-order valence-corrected chi connectivity index (χ0v) is 19.5. The number of anilines is 1. The number of aryl methyl sites for hydroxylation is 1. The molecule has 4 rings (SSSR count). The first-order valence-electron chi connectivity index (χ1n) is 10.6. The van der Waals surface area contributed by atoms with Gasteiger partial charge >= 0.3 is 5.69 Å². The molecule has 9 heteroatoms. The van der Waals surface area contributed by atoms with Crippen LogP contribution in [0, 0.1) is 6.92 Å². The summed E-state index contributed by atoms with van der Waals surface area (Å²) >= 11 is 0. The number of sulfonamides is 1. The van der Waals surface area contributed by atoms with Gasteiger partial charge in [-0.1, -0.05) is 42.5 Å². The van der Waals surface area contributed by atoms with Crippen molar-refractivity contribution in [3.8, 4) is 5.69 Å². The van der Waals surface area contributed by atoms with Crippen LogP contribution in [0.4, 0.5) is 5.69 Å². The lowest BCUT2D eigenvalue weighted by atomic mass is 10.1. The highest BCUT2D eigenvalue weighted by Gasteiger charge is 2.20. The fourth-order valence-electron chi connectivity index (χ4n) is 3.56. The molecule has 3 N–H and O–H groups in total. The van der Waals surface area contributed by atoms with Crippen molar-refractivity contribution in [2.45, 2.75) is 24.8 Å². The molecule has 1 aromatic heterocycles. The third kappa shape index (κ3) is 5.16. The van der Waals surface area contributed by atoms with Crippen molar-refractivity contribution >= 4 is 21.6 Å². The second-order valence-electron chi connectivity index (χ2n) is 7.90. The first-order valence-corrected chi connectivity index (χ1v) is 12.1. The largest absolute Gasteiger partial charge is 0.330 e. The van der Waals surface area contributed by atoms with Gasteiger partial charge in [-0.2, -0.15) is 0 Å². The molecule has 4 aromatic rings. The van der Waals surface area contributed by atoms with Crippen molar-refractivity contribution in [2.75, 3.05) is 5.32 Å². The molecule has 8 nitrogen and oxygen atoms in total. The van der Waals surface area contributed by atoms with E-state index in [2.05, 4.69) is 15.0 Å². The summed E-state index contributed by atoms with van der Waals surface area (Å²) in [7, 11) is -3.85. The van der Waals surface area contributed by atoms with Crippen LogP contribution in [0.25, 0.3) is 5.69 Å². The van der Waals surface area contributed by atoms with Gasteiger partial charge in [-0.3, -0.25) is 9.36 Å². The van der Waals surface area contributed by atoms with Gasteiger partial charge < -0.3 is 10.3 Å². The summed E-state index contributed by atoms with van der Waals surface area (Å²) in [6.45, 7) is 3.54. The van der Waals surface area contributed by atoms with Gasteiger partial charge in [0.25, 0.3) is 5.91 Å². The van der Waals surface area contributed by atoms with E-state index in [1.807, 2.05) is 30.3 Å². The minimum Gasteiger partial charge on any atom is -0.322 e. The van der Waals surface area contributed by atoms with Gasteiger partial charge in [0.2, 0.25) is 10.0 Å². The first-order chi connectivity index (χ1) is 16.2. The average Bonchev–Trinajstić information content (AvgIpc) is 3.17. The zero-order chi connectivity index (χ0) is 24.3. The van der Waals surface area contributed by atoms with Crippen LogP contribution in [0.3, 0.4) is 0 Å². The predicted octanol–water partition coefficient (Wildman–Crippen LogP) is 3.77. The van der Waals surface area contributed by atoms with E-state index < -0.39 is 22.0 Å². The Labute approximate surface area is 197 Å². The molecule has 0 aliphatic rings. The zero-order valence-electron chi connectivity index (χ0n) is 18.6. The summed E-state index contributed by atoms with van der Waals surface area (Å²) in [6.07, 6.45) is 1.67. The molecule has 174 valence electrons. The Morgan fingerprint density at radius 2 is 1.71 bits per heavy atom. The van der Waals surface area contributed by atoms with Crippen LogP contribution < -0.4 is 15.7 Å². The number of aromatic nitrogens is 2. The van der Waals surface area contributed by atoms with Gasteiger partial charge in [-0.25, -0.2) is 17.9 Å². The highest BCUT2D eigenvalue weighted by Crippen LogP contribution is 2.19. The van der Waals surface area contributed by atoms with Gasteiger partial charge in [0.05, 0.1) is 10.6 Å². The van der Waals surface area contributed by atoms with Gasteiger partial charge in [-0.15, -0.1) is 0 Å². The van der Waals surface area contributed by atoms with Crippen LogP contribution in [0.2, 0.25) is 0 Å². The van der Waals surface area contributed by atoms with Crippen LogP contribution in [0.5, 0.6) is 0 Å². The van der Waals surface area contributed by atoms with Crippen molar-refractivity contribution in [2.24, 2.45) is 0 Å². The number of nitrogens with zero attached hydrogens (tertiary/aromatic N) is 1. The Morgan fingerprint density at radius 1 is 0.971 bits per heavy atom. The fourth-order valence-corrected chi connectivity index (χ4v) is 4.83. The van der Waals surface area contributed by atoms with Crippen LogP contribution in [0.1, 0.15) is 34.6 Å².